The van der Waals surface area contributed by atoms with E-state index in [9.17, 15) is 9.00 Å². The molecular formula is C10H16NO2S+. The van der Waals surface area contributed by atoms with Crippen LogP contribution < -0.4 is 5.32 Å². The maximum Gasteiger partial charge on any atom is 0.462 e. The van der Waals surface area contributed by atoms with Gasteiger partial charge in [-0.2, -0.15) is 0 Å². The molecule has 1 amide bonds. The lowest BCUT2D eigenvalue weighted by Gasteiger charge is -2.22. The Morgan fingerprint density at radius 1 is 1.36 bits per heavy atom. The molecule has 0 aromatic heterocycles. The van der Waals surface area contributed by atoms with Crippen molar-refractivity contribution in [3.05, 3.63) is 12.2 Å². The normalized spacial score (nSPS) is 26.6. The molecule has 0 bridgehead atoms. The standard InChI is InChI=1S/C10H15NO2S/c1-7(2)10(12)11-8-3-5-9(14-13)6-4-8/h8-9H,1,3-6H2,2H3/p+1. The van der Waals surface area contributed by atoms with E-state index in [1.165, 1.54) is 0 Å². The molecule has 0 aromatic carbocycles. The molecule has 1 aliphatic rings. The molecule has 0 spiro atoms. The quantitative estimate of drug-likeness (QED) is 0.570. The van der Waals surface area contributed by atoms with Gasteiger partial charge in [0.25, 0.3) is 0 Å². The van der Waals surface area contributed by atoms with Gasteiger partial charge in [0.05, 0.1) is 0 Å². The molecule has 4 heteroatoms. The highest BCUT2D eigenvalue weighted by Crippen LogP contribution is 2.19. The molecule has 1 fully saturated rings. The minimum atomic E-state index is -0.0665. The van der Waals surface area contributed by atoms with E-state index in [-0.39, 0.29) is 17.2 Å². The maximum atomic E-state index is 11.3. The Morgan fingerprint density at radius 3 is 2.36 bits per heavy atom. The van der Waals surface area contributed by atoms with Crippen LogP contribution in [-0.2, 0) is 20.7 Å². The van der Waals surface area contributed by atoms with Crippen LogP contribution in [0.15, 0.2) is 12.2 Å². The lowest BCUT2D eigenvalue weighted by atomic mass is 9.95. The second-order valence-electron chi connectivity index (χ2n) is 3.82. The largest absolute Gasteiger partial charge is 0.462 e. The van der Waals surface area contributed by atoms with Gasteiger partial charge in [-0.3, -0.25) is 4.79 Å². The lowest BCUT2D eigenvalue weighted by Crippen LogP contribution is -2.38. The first-order valence-corrected chi connectivity index (χ1v) is 5.69. The number of carbonyl (C=O) groups excluding carboxylic acids is 1. The molecular weight excluding hydrogens is 198 g/mol. The van der Waals surface area contributed by atoms with Gasteiger partial charge < -0.3 is 5.32 Å². The van der Waals surface area contributed by atoms with Crippen molar-refractivity contribution in [1.29, 1.82) is 0 Å². The van der Waals surface area contributed by atoms with Crippen LogP contribution >= 0.6 is 0 Å². The molecule has 0 atom stereocenters. The van der Waals surface area contributed by atoms with Gasteiger partial charge in [-0.25, -0.2) is 0 Å². The summed E-state index contributed by atoms with van der Waals surface area (Å²) in [6.45, 7) is 5.29. The van der Waals surface area contributed by atoms with Gasteiger partial charge in [0, 0.05) is 28.7 Å². The highest BCUT2D eigenvalue weighted by atomic mass is 32.1. The third-order valence-electron chi connectivity index (χ3n) is 2.53. The SMILES string of the molecule is C=C(C)C(=O)NC1CCC([S+]=O)CC1. The molecule has 3 nitrogen and oxygen atoms in total. The van der Waals surface area contributed by atoms with E-state index in [1.807, 2.05) is 0 Å². The summed E-state index contributed by atoms with van der Waals surface area (Å²) in [5.41, 5.74) is 0.547. The Kier molecular flexibility index (Phi) is 4.20. The third kappa shape index (κ3) is 3.18. The summed E-state index contributed by atoms with van der Waals surface area (Å²) in [7, 11) is 0. The topological polar surface area (TPSA) is 46.2 Å². The minimum absolute atomic E-state index is 0.0665. The Labute approximate surface area is 88.4 Å². The average Bonchev–Trinajstić information content (AvgIpc) is 2.19. The third-order valence-corrected chi connectivity index (χ3v) is 3.28. The summed E-state index contributed by atoms with van der Waals surface area (Å²) in [6.07, 6.45) is 3.66. The number of nitrogens with one attached hydrogen (secondary N) is 1. The highest BCUT2D eigenvalue weighted by Gasteiger charge is 2.29. The van der Waals surface area contributed by atoms with Crippen molar-refractivity contribution in [3.63, 3.8) is 0 Å². The molecule has 0 radical (unpaired) electrons. The van der Waals surface area contributed by atoms with Crippen molar-refractivity contribution in [3.8, 4) is 0 Å². The zero-order valence-corrected chi connectivity index (χ0v) is 9.23. The van der Waals surface area contributed by atoms with E-state index >= 15 is 0 Å². The second-order valence-corrected chi connectivity index (χ2v) is 4.68. The summed E-state index contributed by atoms with van der Waals surface area (Å²) in [6, 6.07) is 0.239. The Hall–Kier alpha value is -0.770. The fraction of sp³-hybridized carbons (Fsp3) is 0.700. The maximum absolute atomic E-state index is 11.3. The fourth-order valence-electron chi connectivity index (χ4n) is 1.61. The van der Waals surface area contributed by atoms with Crippen LogP contribution in [0, 0.1) is 0 Å². The van der Waals surface area contributed by atoms with Crippen LogP contribution in [0.2, 0.25) is 0 Å². The van der Waals surface area contributed by atoms with E-state index in [0.717, 1.165) is 25.7 Å². The summed E-state index contributed by atoms with van der Waals surface area (Å²) in [5.74, 6) is -0.0665. The fourth-order valence-corrected chi connectivity index (χ4v) is 2.08. The molecule has 1 saturated carbocycles. The van der Waals surface area contributed by atoms with Gasteiger partial charge in [-0.05, 0) is 19.8 Å². The molecule has 0 heterocycles. The van der Waals surface area contributed by atoms with Crippen molar-refractivity contribution >= 4 is 17.6 Å². The van der Waals surface area contributed by atoms with Crippen molar-refractivity contribution < 1.29 is 9.00 Å². The van der Waals surface area contributed by atoms with E-state index in [4.69, 9.17) is 0 Å². The minimum Gasteiger partial charge on any atom is -0.350 e. The van der Waals surface area contributed by atoms with Crippen LogP contribution in [0.5, 0.6) is 0 Å². The summed E-state index contributed by atoms with van der Waals surface area (Å²) >= 11 is 0.693. The smallest absolute Gasteiger partial charge is 0.350 e. The zero-order valence-electron chi connectivity index (χ0n) is 8.41. The summed E-state index contributed by atoms with van der Waals surface area (Å²) < 4.78 is 10.5. The predicted octanol–water partition coefficient (Wildman–Crippen LogP) is 1.42. The zero-order chi connectivity index (χ0) is 10.6. The van der Waals surface area contributed by atoms with Crippen LogP contribution in [0.3, 0.4) is 0 Å². The highest BCUT2D eigenvalue weighted by molar-refractivity contribution is 7.66. The van der Waals surface area contributed by atoms with Gasteiger partial charge in [-0.1, -0.05) is 6.58 Å². The van der Waals surface area contributed by atoms with Gasteiger partial charge in [0.1, 0.15) is 0 Å². The van der Waals surface area contributed by atoms with E-state index in [2.05, 4.69) is 11.9 Å². The van der Waals surface area contributed by atoms with Crippen LogP contribution in [0.4, 0.5) is 0 Å². The van der Waals surface area contributed by atoms with Gasteiger partial charge in [0.15, 0.2) is 0 Å². The van der Waals surface area contributed by atoms with Gasteiger partial charge in [0.2, 0.25) is 11.2 Å². The van der Waals surface area contributed by atoms with E-state index < -0.39 is 0 Å². The molecule has 0 aromatic rings. The van der Waals surface area contributed by atoms with E-state index in [1.54, 1.807) is 6.92 Å². The van der Waals surface area contributed by atoms with Crippen molar-refractivity contribution in [2.75, 3.05) is 0 Å². The molecule has 1 N–H and O–H groups in total. The molecule has 78 valence electrons. The summed E-state index contributed by atoms with van der Waals surface area (Å²) in [4.78, 5) is 11.3. The van der Waals surface area contributed by atoms with E-state index in [0.29, 0.717) is 17.2 Å². The molecule has 0 saturated heterocycles. The first-order valence-electron chi connectivity index (χ1n) is 4.88. The second kappa shape index (κ2) is 5.20. The van der Waals surface area contributed by atoms with Crippen molar-refractivity contribution in [1.82, 2.24) is 5.32 Å². The first-order chi connectivity index (χ1) is 6.63. The number of hydrogen-bond donors (Lipinski definition) is 1. The Morgan fingerprint density at radius 2 is 1.93 bits per heavy atom. The molecule has 1 aliphatic carbocycles. The predicted molar refractivity (Wildman–Crippen MR) is 57.1 cm³/mol. The molecule has 0 aliphatic heterocycles. The lowest BCUT2D eigenvalue weighted by molar-refractivity contribution is -0.118. The molecule has 1 rings (SSSR count). The Bertz CT molecular complexity index is 245. The number of carbonyl (C=O) groups is 1. The van der Waals surface area contributed by atoms with Crippen LogP contribution in [-0.4, -0.2) is 17.2 Å². The number of rotatable bonds is 3. The number of amides is 1. The molecule has 0 unspecified atom stereocenters. The van der Waals surface area contributed by atoms with Gasteiger partial charge >= 0.3 is 11.7 Å². The van der Waals surface area contributed by atoms with Crippen molar-refractivity contribution in [2.45, 2.75) is 43.9 Å². The first kappa shape index (κ1) is 11.3. The molecule has 14 heavy (non-hydrogen) atoms. The van der Waals surface area contributed by atoms with Crippen molar-refractivity contribution in [2.24, 2.45) is 0 Å². The number of hydrogen-bond acceptors (Lipinski definition) is 2. The monoisotopic (exact) mass is 214 g/mol. The Balaban J connectivity index is 2.32. The van der Waals surface area contributed by atoms with Crippen LogP contribution in [0.1, 0.15) is 32.6 Å². The summed E-state index contributed by atoms with van der Waals surface area (Å²) in [5, 5.41) is 3.16. The average molecular weight is 214 g/mol. The van der Waals surface area contributed by atoms with Gasteiger partial charge in [-0.15, -0.1) is 0 Å². The van der Waals surface area contributed by atoms with Crippen LogP contribution in [0.25, 0.3) is 0 Å².